The molecule has 1 rings (SSSR count). The number of primary amides is 1. The summed E-state index contributed by atoms with van der Waals surface area (Å²) in [6, 6.07) is 2.01. The summed E-state index contributed by atoms with van der Waals surface area (Å²) in [5.74, 6) is -2.44. The molecule has 0 saturated heterocycles. The number of anilines is 1. The van der Waals surface area contributed by atoms with Gasteiger partial charge in [0.15, 0.2) is 0 Å². The Morgan fingerprint density at radius 3 is 2.57 bits per heavy atom. The lowest BCUT2D eigenvalue weighted by molar-refractivity contribution is -0.139. The first kappa shape index (κ1) is 16.4. The van der Waals surface area contributed by atoms with Gasteiger partial charge >= 0.3 is 12.0 Å². The van der Waals surface area contributed by atoms with Crippen LogP contribution in [0.2, 0.25) is 0 Å². The number of carbonyl (C=O) groups excluding carboxylic acids is 2. The first-order valence-electron chi connectivity index (χ1n) is 6.14. The van der Waals surface area contributed by atoms with Gasteiger partial charge in [-0.25, -0.2) is 14.0 Å². The van der Waals surface area contributed by atoms with E-state index >= 15 is 0 Å². The number of nitrogens with one attached hydrogen (secondary N) is 2. The normalized spacial score (nSPS) is 11.5. The topological polar surface area (TPSA) is 122 Å². The lowest BCUT2D eigenvalue weighted by Crippen LogP contribution is -2.43. The van der Waals surface area contributed by atoms with Crippen LogP contribution in [0.4, 0.5) is 14.9 Å². The molecular formula is C13H16FN3O4. The van der Waals surface area contributed by atoms with Crippen LogP contribution >= 0.6 is 0 Å². The Balaban J connectivity index is 2.62. The van der Waals surface area contributed by atoms with E-state index in [0.29, 0.717) is 5.56 Å². The predicted molar refractivity (Wildman–Crippen MR) is 73.1 cm³/mol. The van der Waals surface area contributed by atoms with Gasteiger partial charge in [0.25, 0.3) is 0 Å². The number of rotatable bonds is 6. The van der Waals surface area contributed by atoms with Gasteiger partial charge in [0, 0.05) is 12.1 Å². The maximum absolute atomic E-state index is 13.3. The van der Waals surface area contributed by atoms with E-state index in [1.165, 1.54) is 12.1 Å². The number of carbonyl (C=O) groups is 3. The molecule has 0 aliphatic heterocycles. The first-order chi connectivity index (χ1) is 9.79. The second kappa shape index (κ2) is 7.22. The first-order valence-corrected chi connectivity index (χ1v) is 6.14. The molecule has 0 aromatic heterocycles. The quantitative estimate of drug-likeness (QED) is 0.625. The molecule has 0 heterocycles. The fraction of sp³-hybridized carbons (Fsp3) is 0.308. The number of benzene rings is 1. The number of urea groups is 1. The summed E-state index contributed by atoms with van der Waals surface area (Å²) < 4.78 is 13.3. The molecule has 1 atom stereocenters. The highest BCUT2D eigenvalue weighted by Crippen LogP contribution is 2.13. The number of hydrogen-bond donors (Lipinski definition) is 4. The Hall–Kier alpha value is -2.64. The highest BCUT2D eigenvalue weighted by Gasteiger charge is 2.20. The maximum Gasteiger partial charge on any atom is 0.326 e. The number of aliphatic carboxylic acids is 1. The third-order valence-electron chi connectivity index (χ3n) is 2.71. The Labute approximate surface area is 120 Å². The number of aryl methyl sites for hydroxylation is 1. The zero-order chi connectivity index (χ0) is 16.0. The van der Waals surface area contributed by atoms with Crippen molar-refractivity contribution in [3.05, 3.63) is 29.6 Å². The molecule has 8 heteroatoms. The molecule has 0 aliphatic carbocycles. The minimum absolute atomic E-state index is 0.125. The van der Waals surface area contributed by atoms with Gasteiger partial charge in [-0.15, -0.1) is 0 Å². The van der Waals surface area contributed by atoms with Gasteiger partial charge in [-0.3, -0.25) is 4.79 Å². The van der Waals surface area contributed by atoms with Crippen LogP contribution < -0.4 is 16.4 Å². The molecule has 21 heavy (non-hydrogen) atoms. The molecule has 0 bridgehead atoms. The highest BCUT2D eigenvalue weighted by atomic mass is 19.1. The predicted octanol–water partition coefficient (Wildman–Crippen LogP) is 0.974. The van der Waals surface area contributed by atoms with Crippen molar-refractivity contribution >= 4 is 23.6 Å². The Morgan fingerprint density at radius 2 is 2.05 bits per heavy atom. The number of nitrogens with two attached hydrogens (primary N) is 1. The zero-order valence-corrected chi connectivity index (χ0v) is 11.4. The second-order valence-electron chi connectivity index (χ2n) is 4.46. The minimum Gasteiger partial charge on any atom is -0.480 e. The van der Waals surface area contributed by atoms with Crippen LogP contribution in [0, 0.1) is 12.7 Å². The van der Waals surface area contributed by atoms with E-state index in [0.717, 1.165) is 6.07 Å². The average molecular weight is 297 g/mol. The molecule has 0 spiro atoms. The van der Waals surface area contributed by atoms with Crippen molar-refractivity contribution in [3.8, 4) is 0 Å². The van der Waals surface area contributed by atoms with Gasteiger partial charge in [-0.2, -0.15) is 0 Å². The summed E-state index contributed by atoms with van der Waals surface area (Å²) >= 11 is 0. The van der Waals surface area contributed by atoms with Crippen molar-refractivity contribution in [2.75, 3.05) is 5.32 Å². The molecule has 0 aliphatic rings. The van der Waals surface area contributed by atoms with Gasteiger partial charge in [-0.1, -0.05) is 6.07 Å². The Bertz CT molecular complexity index is 562. The monoisotopic (exact) mass is 297 g/mol. The summed E-state index contributed by atoms with van der Waals surface area (Å²) in [6.07, 6.45) is -0.295. The summed E-state index contributed by atoms with van der Waals surface area (Å²) in [5.41, 5.74) is 5.54. The molecule has 114 valence electrons. The molecule has 1 aromatic carbocycles. The maximum atomic E-state index is 13.3. The van der Waals surface area contributed by atoms with E-state index in [9.17, 15) is 18.8 Å². The third kappa shape index (κ3) is 5.47. The van der Waals surface area contributed by atoms with Crippen LogP contribution in [0.3, 0.4) is 0 Å². The highest BCUT2D eigenvalue weighted by molar-refractivity contribution is 5.92. The molecule has 0 saturated carbocycles. The van der Waals surface area contributed by atoms with Crippen LogP contribution in [0.1, 0.15) is 18.4 Å². The van der Waals surface area contributed by atoms with E-state index < -0.39 is 29.8 Å². The van der Waals surface area contributed by atoms with E-state index in [-0.39, 0.29) is 18.5 Å². The van der Waals surface area contributed by atoms with Crippen LogP contribution in [-0.2, 0) is 9.59 Å². The van der Waals surface area contributed by atoms with Crippen LogP contribution in [0.15, 0.2) is 18.2 Å². The van der Waals surface area contributed by atoms with Gasteiger partial charge in [0.2, 0.25) is 5.91 Å². The van der Waals surface area contributed by atoms with Crippen molar-refractivity contribution in [2.24, 2.45) is 5.73 Å². The Kier molecular flexibility index (Phi) is 5.65. The summed E-state index contributed by atoms with van der Waals surface area (Å²) in [7, 11) is 0. The van der Waals surface area contributed by atoms with Crippen molar-refractivity contribution in [1.82, 2.24) is 5.32 Å². The van der Waals surface area contributed by atoms with E-state index in [4.69, 9.17) is 10.8 Å². The molecule has 0 fully saturated rings. The zero-order valence-electron chi connectivity index (χ0n) is 11.4. The smallest absolute Gasteiger partial charge is 0.326 e. The number of hydrogen-bond acceptors (Lipinski definition) is 3. The van der Waals surface area contributed by atoms with Crippen molar-refractivity contribution in [1.29, 1.82) is 0 Å². The molecule has 0 unspecified atom stereocenters. The van der Waals surface area contributed by atoms with Crippen LogP contribution in [0.5, 0.6) is 0 Å². The number of carboxylic acid groups (broad SMARTS) is 1. The summed E-state index contributed by atoms with van der Waals surface area (Å²) in [6.45, 7) is 1.57. The fourth-order valence-corrected chi connectivity index (χ4v) is 1.54. The van der Waals surface area contributed by atoms with E-state index in [1.807, 2.05) is 0 Å². The molecule has 7 nitrogen and oxygen atoms in total. The molecule has 3 amide bonds. The minimum atomic E-state index is -1.29. The summed E-state index contributed by atoms with van der Waals surface area (Å²) in [4.78, 5) is 33.2. The lowest BCUT2D eigenvalue weighted by atomic mass is 10.1. The Morgan fingerprint density at radius 1 is 1.38 bits per heavy atom. The standard InChI is InChI=1S/C13H16FN3O4/c1-7-2-3-8(6-9(7)14)16-13(21)17-10(12(19)20)4-5-11(15)18/h2-3,6,10H,4-5H2,1H3,(H2,15,18)(H,19,20)(H2,16,17,21)/t10-/m0/s1. The number of amides is 3. The van der Waals surface area contributed by atoms with Crippen LogP contribution in [0.25, 0.3) is 0 Å². The number of carboxylic acids is 1. The van der Waals surface area contributed by atoms with Gasteiger partial charge in [-0.05, 0) is 31.0 Å². The van der Waals surface area contributed by atoms with Gasteiger partial charge < -0.3 is 21.5 Å². The SMILES string of the molecule is Cc1ccc(NC(=O)N[C@@H](CCC(N)=O)C(=O)O)cc1F. The second-order valence-corrected chi connectivity index (χ2v) is 4.46. The lowest BCUT2D eigenvalue weighted by Gasteiger charge is -2.14. The fourth-order valence-electron chi connectivity index (χ4n) is 1.54. The van der Waals surface area contributed by atoms with Crippen LogP contribution in [-0.4, -0.2) is 29.1 Å². The molecule has 5 N–H and O–H groups in total. The van der Waals surface area contributed by atoms with Gasteiger partial charge in [0.05, 0.1) is 0 Å². The van der Waals surface area contributed by atoms with Gasteiger partial charge in [0.1, 0.15) is 11.9 Å². The molecule has 1 aromatic rings. The molecular weight excluding hydrogens is 281 g/mol. The van der Waals surface area contributed by atoms with Crippen molar-refractivity contribution in [3.63, 3.8) is 0 Å². The largest absolute Gasteiger partial charge is 0.480 e. The van der Waals surface area contributed by atoms with E-state index in [2.05, 4.69) is 10.6 Å². The van der Waals surface area contributed by atoms with E-state index in [1.54, 1.807) is 6.92 Å². The van der Waals surface area contributed by atoms with Crippen molar-refractivity contribution in [2.45, 2.75) is 25.8 Å². The number of halogens is 1. The van der Waals surface area contributed by atoms with Crippen molar-refractivity contribution < 1.29 is 23.9 Å². The average Bonchev–Trinajstić information content (AvgIpc) is 2.38. The molecule has 0 radical (unpaired) electrons. The third-order valence-corrected chi connectivity index (χ3v) is 2.71. The summed E-state index contributed by atoms with van der Waals surface area (Å²) in [5, 5.41) is 13.4.